The molecule has 0 aliphatic rings. The molecule has 0 aliphatic heterocycles. The number of nitrogens with one attached hydrogen (secondary N) is 1. The molecule has 0 heterocycles. The summed E-state index contributed by atoms with van der Waals surface area (Å²) in [7, 11) is 0. The fourth-order valence-electron chi connectivity index (χ4n) is 6.02. The van der Waals surface area contributed by atoms with Crippen LogP contribution in [0.15, 0.2) is 60.8 Å². The third kappa shape index (κ3) is 34.5. The van der Waals surface area contributed by atoms with Crippen LogP contribution in [0.3, 0.4) is 0 Å². The number of amides is 1. The molecule has 0 spiro atoms. The number of hydrogen-bond donors (Lipinski definition) is 4. The predicted molar refractivity (Wildman–Crippen MR) is 217 cm³/mol. The Balaban J connectivity index is 3.65. The van der Waals surface area contributed by atoms with Gasteiger partial charge in [-0.25, -0.2) is 0 Å². The fraction of sp³-hybridized carbons (Fsp3) is 0.756. The molecule has 3 atom stereocenters. The molecule has 3 unspecified atom stereocenters. The van der Waals surface area contributed by atoms with Crippen LogP contribution in [-0.4, -0.2) is 46.1 Å². The maximum Gasteiger partial charge on any atom is 0.249 e. The highest BCUT2D eigenvalue weighted by atomic mass is 16.3. The summed E-state index contributed by atoms with van der Waals surface area (Å²) in [6.45, 7) is 4.03. The standard InChI is InChI=1S/C45H81NO4/c1-3-5-7-9-11-13-15-16-17-18-19-20-21-22-23-24-25-26-27-28-29-30-32-34-36-38-40-44(49)45(50)46-42(41-47)43(48)39-37-35-33-31-14-12-10-8-6-4-2/h6,8,14,19-20,22-23,31,37,39,42-44,47-49H,3-5,7,9-13,15-18,21,24-30,32-36,38,40-41H2,1-2H3,(H,46,50)/b8-6+,20-19-,23-22-,31-14+,39-37+. The van der Waals surface area contributed by atoms with Gasteiger partial charge in [-0.15, -0.1) is 0 Å². The minimum Gasteiger partial charge on any atom is -0.394 e. The Bertz CT molecular complexity index is 861. The van der Waals surface area contributed by atoms with Gasteiger partial charge in [-0.05, 0) is 70.6 Å². The van der Waals surface area contributed by atoms with Crippen LogP contribution in [0.5, 0.6) is 0 Å². The first-order valence-electron chi connectivity index (χ1n) is 21.1. The Hall–Kier alpha value is -1.95. The molecule has 0 aliphatic carbocycles. The van der Waals surface area contributed by atoms with Gasteiger partial charge >= 0.3 is 0 Å². The molecule has 0 saturated carbocycles. The minimum absolute atomic E-state index is 0.385. The van der Waals surface area contributed by atoms with E-state index in [4.69, 9.17) is 0 Å². The average Bonchev–Trinajstić information content (AvgIpc) is 3.12. The van der Waals surface area contributed by atoms with Crippen molar-refractivity contribution >= 4 is 5.91 Å². The van der Waals surface area contributed by atoms with Gasteiger partial charge in [-0.2, -0.15) is 0 Å². The number of rotatable bonds is 37. The van der Waals surface area contributed by atoms with Gasteiger partial charge in [0.05, 0.1) is 18.8 Å². The van der Waals surface area contributed by atoms with Gasteiger partial charge in [0.25, 0.3) is 0 Å². The third-order valence-electron chi connectivity index (χ3n) is 9.32. The lowest BCUT2D eigenvalue weighted by Crippen LogP contribution is -2.48. The lowest BCUT2D eigenvalue weighted by Gasteiger charge is -2.21. The van der Waals surface area contributed by atoms with E-state index in [0.29, 0.717) is 6.42 Å². The van der Waals surface area contributed by atoms with Crippen LogP contribution >= 0.6 is 0 Å². The van der Waals surface area contributed by atoms with Gasteiger partial charge in [-0.3, -0.25) is 4.79 Å². The van der Waals surface area contributed by atoms with Crippen LogP contribution in [0.2, 0.25) is 0 Å². The molecule has 0 fully saturated rings. The largest absolute Gasteiger partial charge is 0.394 e. The van der Waals surface area contributed by atoms with Crippen LogP contribution in [-0.2, 0) is 4.79 Å². The van der Waals surface area contributed by atoms with Gasteiger partial charge in [0.1, 0.15) is 6.10 Å². The van der Waals surface area contributed by atoms with E-state index in [1.54, 1.807) is 6.08 Å². The molecule has 0 rings (SSSR count). The Morgan fingerprint density at radius 3 is 1.42 bits per heavy atom. The summed E-state index contributed by atoms with van der Waals surface area (Å²) < 4.78 is 0. The van der Waals surface area contributed by atoms with Gasteiger partial charge in [0, 0.05) is 0 Å². The maximum absolute atomic E-state index is 12.4. The molecule has 5 nitrogen and oxygen atoms in total. The summed E-state index contributed by atoms with van der Waals surface area (Å²) in [6, 6.07) is -0.822. The van der Waals surface area contributed by atoms with Gasteiger partial charge in [0.15, 0.2) is 0 Å². The van der Waals surface area contributed by atoms with E-state index in [0.717, 1.165) is 57.8 Å². The highest BCUT2D eigenvalue weighted by Crippen LogP contribution is 2.14. The van der Waals surface area contributed by atoms with Crippen molar-refractivity contribution in [3.8, 4) is 0 Å². The molecule has 0 saturated heterocycles. The van der Waals surface area contributed by atoms with E-state index >= 15 is 0 Å². The minimum atomic E-state index is -1.11. The quantitative estimate of drug-likeness (QED) is 0.0384. The molecule has 0 aromatic carbocycles. The molecule has 5 heteroatoms. The van der Waals surface area contributed by atoms with Crippen LogP contribution in [0.4, 0.5) is 0 Å². The second kappa shape index (κ2) is 39.8. The molecule has 0 aromatic heterocycles. The molecule has 1 amide bonds. The van der Waals surface area contributed by atoms with E-state index < -0.39 is 24.2 Å². The first-order valence-corrected chi connectivity index (χ1v) is 21.1. The number of aliphatic hydroxyl groups is 3. The Morgan fingerprint density at radius 1 is 0.520 bits per heavy atom. The van der Waals surface area contributed by atoms with Crippen LogP contribution < -0.4 is 5.32 Å². The molecule has 0 aromatic rings. The lowest BCUT2D eigenvalue weighted by molar-refractivity contribution is -0.131. The fourth-order valence-corrected chi connectivity index (χ4v) is 6.02. The van der Waals surface area contributed by atoms with Gasteiger partial charge < -0.3 is 20.6 Å². The third-order valence-corrected chi connectivity index (χ3v) is 9.32. The second-order valence-electron chi connectivity index (χ2n) is 14.1. The topological polar surface area (TPSA) is 89.8 Å². The second-order valence-corrected chi connectivity index (χ2v) is 14.1. The summed E-state index contributed by atoms with van der Waals surface area (Å²) in [5.41, 5.74) is 0. The first-order chi connectivity index (χ1) is 24.6. The Labute approximate surface area is 309 Å². The zero-order valence-corrected chi connectivity index (χ0v) is 32.8. The number of aliphatic hydroxyl groups excluding tert-OH is 3. The summed E-state index contributed by atoms with van der Waals surface area (Å²) >= 11 is 0. The van der Waals surface area contributed by atoms with Crippen LogP contribution in [0, 0.1) is 0 Å². The van der Waals surface area contributed by atoms with Crippen molar-refractivity contribution in [2.45, 2.75) is 212 Å². The van der Waals surface area contributed by atoms with Crippen molar-refractivity contribution in [2.24, 2.45) is 0 Å². The van der Waals surface area contributed by atoms with Crippen molar-refractivity contribution in [1.82, 2.24) is 5.32 Å². The van der Waals surface area contributed by atoms with E-state index in [9.17, 15) is 20.1 Å². The first kappa shape index (κ1) is 48.0. The maximum atomic E-state index is 12.4. The molecule has 290 valence electrons. The molecule has 50 heavy (non-hydrogen) atoms. The molecule has 0 radical (unpaired) electrons. The van der Waals surface area contributed by atoms with Crippen LogP contribution in [0.1, 0.15) is 194 Å². The molecule has 0 bridgehead atoms. The summed E-state index contributed by atoms with van der Waals surface area (Å²) in [6.07, 6.45) is 52.7. The SMILES string of the molecule is CC/C=C/CC/C=C/CC/C=C/C(O)C(CO)NC(=O)C(O)CCCCCCCCCCCC/C=C\C/C=C\CCCCCCCCCCC. The lowest BCUT2D eigenvalue weighted by atomic mass is 10.0. The monoisotopic (exact) mass is 700 g/mol. The smallest absolute Gasteiger partial charge is 0.249 e. The summed E-state index contributed by atoms with van der Waals surface area (Å²) in [5, 5.41) is 32.9. The van der Waals surface area contributed by atoms with Crippen molar-refractivity contribution in [2.75, 3.05) is 6.61 Å². The normalized spacial score (nSPS) is 14.3. The zero-order chi connectivity index (χ0) is 36.6. The van der Waals surface area contributed by atoms with Crippen LogP contribution in [0.25, 0.3) is 0 Å². The molecule has 4 N–H and O–H groups in total. The highest BCUT2D eigenvalue weighted by Gasteiger charge is 2.22. The summed E-state index contributed by atoms with van der Waals surface area (Å²) in [4.78, 5) is 12.4. The number of carbonyl (C=O) groups excluding carboxylic acids is 1. The van der Waals surface area contributed by atoms with E-state index in [1.165, 1.54) is 116 Å². The van der Waals surface area contributed by atoms with Gasteiger partial charge in [-0.1, -0.05) is 184 Å². The predicted octanol–water partition coefficient (Wildman–Crippen LogP) is 11.9. The number of unbranched alkanes of at least 4 members (excludes halogenated alkanes) is 21. The number of allylic oxidation sites excluding steroid dienone is 9. The van der Waals surface area contributed by atoms with Crippen molar-refractivity contribution in [1.29, 1.82) is 0 Å². The highest BCUT2D eigenvalue weighted by molar-refractivity contribution is 5.80. The average molecular weight is 700 g/mol. The molecular weight excluding hydrogens is 618 g/mol. The zero-order valence-electron chi connectivity index (χ0n) is 32.8. The van der Waals surface area contributed by atoms with Gasteiger partial charge in [0.2, 0.25) is 5.91 Å². The number of carbonyl (C=O) groups is 1. The van der Waals surface area contributed by atoms with E-state index in [1.807, 2.05) is 6.08 Å². The Morgan fingerprint density at radius 2 is 0.940 bits per heavy atom. The van der Waals surface area contributed by atoms with Crippen molar-refractivity contribution in [3.63, 3.8) is 0 Å². The van der Waals surface area contributed by atoms with E-state index in [-0.39, 0.29) is 6.61 Å². The molecular formula is C45H81NO4. The van der Waals surface area contributed by atoms with E-state index in [2.05, 4.69) is 67.8 Å². The Kier molecular flexibility index (Phi) is 38.3. The van der Waals surface area contributed by atoms with Crippen molar-refractivity contribution in [3.05, 3.63) is 60.8 Å². The van der Waals surface area contributed by atoms with Crippen molar-refractivity contribution < 1.29 is 20.1 Å². The number of hydrogen-bond acceptors (Lipinski definition) is 4. The summed E-state index contributed by atoms with van der Waals surface area (Å²) in [5.74, 6) is -0.525.